The number of benzene rings is 2. The van der Waals surface area contributed by atoms with Crippen LogP contribution in [0, 0.1) is 0 Å². The largest absolute Gasteiger partial charge is 0.493 e. The summed E-state index contributed by atoms with van der Waals surface area (Å²) >= 11 is 0. The van der Waals surface area contributed by atoms with Crippen molar-refractivity contribution < 1.29 is 22.6 Å². The van der Waals surface area contributed by atoms with Gasteiger partial charge in [0.2, 0.25) is 0 Å². The number of nitrogens with zero attached hydrogens (tertiary/aromatic N) is 1. The maximum absolute atomic E-state index is 13.6. The minimum Gasteiger partial charge on any atom is -0.493 e. The van der Waals surface area contributed by atoms with Crippen LogP contribution >= 0.6 is 0 Å². The molecule has 0 aliphatic carbocycles. The number of fused-ring (bicyclic) bond motifs is 1. The molecule has 0 unspecified atom stereocenters. The molecule has 0 aliphatic heterocycles. The van der Waals surface area contributed by atoms with Crippen molar-refractivity contribution in [1.82, 2.24) is 4.98 Å². The minimum atomic E-state index is -4.52. The van der Waals surface area contributed by atoms with E-state index in [1.165, 1.54) is 26.4 Å². The molecule has 7 heteroatoms. The predicted molar refractivity (Wildman–Crippen MR) is 93.6 cm³/mol. The fraction of sp³-hybridized carbons (Fsp3) is 0.211. The molecule has 0 bridgehead atoms. The quantitative estimate of drug-likeness (QED) is 0.702. The van der Waals surface area contributed by atoms with Gasteiger partial charge in [0, 0.05) is 18.0 Å². The molecule has 1 N–H and O–H groups in total. The fourth-order valence-corrected chi connectivity index (χ4v) is 2.67. The van der Waals surface area contributed by atoms with Gasteiger partial charge in [0.05, 0.1) is 25.3 Å². The van der Waals surface area contributed by atoms with E-state index in [1.807, 2.05) is 30.3 Å². The molecule has 0 radical (unpaired) electrons. The van der Waals surface area contributed by atoms with Gasteiger partial charge in [0.15, 0.2) is 11.5 Å². The van der Waals surface area contributed by atoms with Crippen LogP contribution in [0.5, 0.6) is 11.5 Å². The summed E-state index contributed by atoms with van der Waals surface area (Å²) in [7, 11) is 2.80. The van der Waals surface area contributed by atoms with Gasteiger partial charge < -0.3 is 14.8 Å². The Balaban J connectivity index is 2.07. The number of halogens is 3. The number of methoxy groups -OCH3 is 2. The van der Waals surface area contributed by atoms with Crippen molar-refractivity contribution in [2.45, 2.75) is 12.7 Å². The first-order valence-electron chi connectivity index (χ1n) is 7.84. The molecule has 0 saturated heterocycles. The standard InChI is InChI=1S/C19H17F3N2O2/c1-25-16-8-13-14(19(20,21)22)9-18(24-15(13)10-17(16)26-2)23-11-12-6-4-3-5-7-12/h3-10H,11H2,1-2H3,(H,23,24). The molecule has 3 aromatic rings. The van der Waals surface area contributed by atoms with E-state index in [0.29, 0.717) is 12.3 Å². The number of hydrogen-bond donors (Lipinski definition) is 1. The number of rotatable bonds is 5. The maximum Gasteiger partial charge on any atom is 0.417 e. The first-order valence-corrected chi connectivity index (χ1v) is 7.84. The van der Waals surface area contributed by atoms with Crippen LogP contribution in [0.15, 0.2) is 48.5 Å². The molecule has 0 atom stereocenters. The minimum absolute atomic E-state index is 0.0413. The third kappa shape index (κ3) is 3.66. The Kier molecular flexibility index (Phi) is 4.88. The topological polar surface area (TPSA) is 43.4 Å². The molecule has 0 spiro atoms. The zero-order valence-electron chi connectivity index (χ0n) is 14.2. The van der Waals surface area contributed by atoms with Crippen LogP contribution in [0.3, 0.4) is 0 Å². The first kappa shape index (κ1) is 17.8. The Hall–Kier alpha value is -2.96. The van der Waals surface area contributed by atoms with Gasteiger partial charge in [-0.05, 0) is 17.7 Å². The fourth-order valence-electron chi connectivity index (χ4n) is 2.67. The molecule has 0 aliphatic rings. The number of alkyl halides is 3. The maximum atomic E-state index is 13.6. The van der Waals surface area contributed by atoms with Crippen molar-refractivity contribution in [3.8, 4) is 11.5 Å². The van der Waals surface area contributed by atoms with E-state index in [0.717, 1.165) is 11.6 Å². The van der Waals surface area contributed by atoms with Gasteiger partial charge in [-0.25, -0.2) is 4.98 Å². The van der Waals surface area contributed by atoms with Gasteiger partial charge in [0.1, 0.15) is 5.82 Å². The van der Waals surface area contributed by atoms with Crippen LogP contribution in [0.1, 0.15) is 11.1 Å². The zero-order chi connectivity index (χ0) is 18.7. The lowest BCUT2D eigenvalue weighted by Crippen LogP contribution is -2.09. The number of aromatic nitrogens is 1. The second-order valence-electron chi connectivity index (χ2n) is 5.62. The molecule has 4 nitrogen and oxygen atoms in total. The third-order valence-electron chi connectivity index (χ3n) is 3.94. The predicted octanol–water partition coefficient (Wildman–Crippen LogP) is 4.88. The van der Waals surface area contributed by atoms with Crippen LogP contribution in [-0.2, 0) is 12.7 Å². The molecule has 0 fully saturated rings. The SMILES string of the molecule is COc1cc2nc(NCc3ccccc3)cc(C(F)(F)F)c2cc1OC. The van der Waals surface area contributed by atoms with Gasteiger partial charge in [-0.3, -0.25) is 0 Å². The summed E-state index contributed by atoms with van der Waals surface area (Å²) < 4.78 is 50.9. The van der Waals surface area contributed by atoms with Crippen LogP contribution in [0.4, 0.5) is 19.0 Å². The second kappa shape index (κ2) is 7.11. The molecule has 3 rings (SSSR count). The number of anilines is 1. The highest BCUT2D eigenvalue weighted by Crippen LogP contribution is 2.40. The molecule has 26 heavy (non-hydrogen) atoms. The van der Waals surface area contributed by atoms with Crippen LogP contribution in [0.2, 0.25) is 0 Å². The first-order chi connectivity index (χ1) is 12.4. The van der Waals surface area contributed by atoms with E-state index >= 15 is 0 Å². The number of nitrogens with one attached hydrogen (secondary N) is 1. The van der Waals surface area contributed by atoms with E-state index in [4.69, 9.17) is 9.47 Å². The zero-order valence-corrected chi connectivity index (χ0v) is 14.2. The normalized spacial score (nSPS) is 11.4. The number of pyridine rings is 1. The van der Waals surface area contributed by atoms with Crippen molar-refractivity contribution in [3.05, 3.63) is 59.7 Å². The Morgan fingerprint density at radius 3 is 2.23 bits per heavy atom. The molecule has 0 saturated carbocycles. The van der Waals surface area contributed by atoms with E-state index in [2.05, 4.69) is 10.3 Å². The molecule has 0 amide bonds. The van der Waals surface area contributed by atoms with Gasteiger partial charge in [-0.15, -0.1) is 0 Å². The molecular formula is C19H17F3N2O2. The van der Waals surface area contributed by atoms with Crippen molar-refractivity contribution in [2.24, 2.45) is 0 Å². The lowest BCUT2D eigenvalue weighted by molar-refractivity contribution is -0.136. The van der Waals surface area contributed by atoms with Crippen LogP contribution in [-0.4, -0.2) is 19.2 Å². The number of ether oxygens (including phenoxy) is 2. The van der Waals surface area contributed by atoms with E-state index in [-0.39, 0.29) is 22.5 Å². The van der Waals surface area contributed by atoms with Crippen molar-refractivity contribution in [3.63, 3.8) is 0 Å². The van der Waals surface area contributed by atoms with Gasteiger partial charge in [-0.1, -0.05) is 30.3 Å². The van der Waals surface area contributed by atoms with E-state index in [1.54, 1.807) is 0 Å². The third-order valence-corrected chi connectivity index (χ3v) is 3.94. The highest BCUT2D eigenvalue weighted by atomic mass is 19.4. The molecule has 2 aromatic carbocycles. The van der Waals surface area contributed by atoms with Gasteiger partial charge in [0.25, 0.3) is 0 Å². The van der Waals surface area contributed by atoms with Crippen molar-refractivity contribution in [1.29, 1.82) is 0 Å². The van der Waals surface area contributed by atoms with Crippen LogP contribution in [0.25, 0.3) is 10.9 Å². The average molecular weight is 362 g/mol. The van der Waals surface area contributed by atoms with E-state index < -0.39 is 11.7 Å². The summed E-state index contributed by atoms with van der Waals surface area (Å²) in [6.45, 7) is 0.365. The van der Waals surface area contributed by atoms with Gasteiger partial charge in [-0.2, -0.15) is 13.2 Å². The Morgan fingerprint density at radius 2 is 1.62 bits per heavy atom. The molecule has 1 heterocycles. The molecule has 1 aromatic heterocycles. The average Bonchev–Trinajstić information content (AvgIpc) is 2.64. The monoisotopic (exact) mass is 362 g/mol. The Morgan fingerprint density at radius 1 is 0.962 bits per heavy atom. The summed E-state index contributed by atoms with van der Waals surface area (Å²) in [4.78, 5) is 4.30. The van der Waals surface area contributed by atoms with E-state index in [9.17, 15) is 13.2 Å². The second-order valence-corrected chi connectivity index (χ2v) is 5.62. The lowest BCUT2D eigenvalue weighted by atomic mass is 10.1. The number of hydrogen-bond acceptors (Lipinski definition) is 4. The lowest BCUT2D eigenvalue weighted by Gasteiger charge is -2.16. The summed E-state index contributed by atoms with van der Waals surface area (Å²) in [5.41, 5.74) is 0.335. The summed E-state index contributed by atoms with van der Waals surface area (Å²) in [6.07, 6.45) is -4.52. The van der Waals surface area contributed by atoms with Crippen molar-refractivity contribution >= 4 is 16.7 Å². The van der Waals surface area contributed by atoms with Gasteiger partial charge >= 0.3 is 6.18 Å². The van der Waals surface area contributed by atoms with Crippen LogP contribution < -0.4 is 14.8 Å². The summed E-state index contributed by atoms with van der Waals surface area (Å²) in [6, 6.07) is 13.1. The summed E-state index contributed by atoms with van der Waals surface area (Å²) in [5.74, 6) is 0.680. The molecule has 136 valence electrons. The highest BCUT2D eigenvalue weighted by Gasteiger charge is 2.34. The van der Waals surface area contributed by atoms with Crippen molar-refractivity contribution in [2.75, 3.05) is 19.5 Å². The Labute approximate surface area is 148 Å². The smallest absolute Gasteiger partial charge is 0.417 e. The Bertz CT molecular complexity index is 912. The molecular weight excluding hydrogens is 345 g/mol. The summed E-state index contributed by atoms with van der Waals surface area (Å²) in [5, 5.41) is 2.91. The highest BCUT2D eigenvalue weighted by molar-refractivity contribution is 5.88.